The zero-order valence-electron chi connectivity index (χ0n) is 32.6. The molecule has 2 aromatic heterocycles. The van der Waals surface area contributed by atoms with E-state index < -0.39 is 0 Å². The molecule has 9 heteroatoms. The highest BCUT2D eigenvalue weighted by atomic mass is 16.5. The fourth-order valence-electron chi connectivity index (χ4n) is 12.5. The Balaban J connectivity index is 0.00000346. The fraction of sp³-hybridized carbons (Fsp3) is 0.120. The van der Waals surface area contributed by atoms with Crippen molar-refractivity contribution in [2.75, 3.05) is 7.05 Å². The van der Waals surface area contributed by atoms with Gasteiger partial charge in [0.1, 0.15) is 23.0 Å². The van der Waals surface area contributed by atoms with Gasteiger partial charge in [-0.1, -0.05) is 61.0 Å². The normalized spacial score (nSPS) is 14.7. The Kier molecular flexibility index (Phi) is 5.52. The number of ether oxygens (including phenoxy) is 2. The summed E-state index contributed by atoms with van der Waals surface area (Å²) in [5.41, 5.74) is 23.2. The van der Waals surface area contributed by atoms with Crippen LogP contribution in [0.15, 0.2) is 96.0 Å². The van der Waals surface area contributed by atoms with E-state index in [2.05, 4.69) is 128 Å². The summed E-state index contributed by atoms with van der Waals surface area (Å²) in [5.74, 6) is 3.63. The molecule has 0 fully saturated rings. The lowest BCUT2D eigenvalue weighted by Gasteiger charge is -2.45. The van der Waals surface area contributed by atoms with Crippen LogP contribution in [0, 0.1) is 33.1 Å². The van der Waals surface area contributed by atoms with Crippen LogP contribution in [0.5, 0.6) is 23.0 Å². The molecule has 0 saturated heterocycles. The smallest absolute Gasteiger partial charge is 0.256 e. The van der Waals surface area contributed by atoms with Gasteiger partial charge in [-0.15, -0.1) is 0 Å². The van der Waals surface area contributed by atoms with Gasteiger partial charge in [0.2, 0.25) is 0 Å². The molecule has 9 aromatic rings. The first-order valence-corrected chi connectivity index (χ1v) is 20.4. The monoisotopic (exact) mass is 756 g/mol. The first-order valence-electron chi connectivity index (χ1n) is 20.4. The highest BCUT2D eigenvalue weighted by Crippen LogP contribution is 2.40. The number of pyridine rings is 2. The van der Waals surface area contributed by atoms with Crippen molar-refractivity contribution in [3.05, 3.63) is 124 Å². The van der Waals surface area contributed by atoms with Crippen LogP contribution in [-0.2, 0) is 0 Å². The molecule has 59 heavy (non-hydrogen) atoms. The fourth-order valence-corrected chi connectivity index (χ4v) is 12.5. The second-order valence-electron chi connectivity index (χ2n) is 17.6. The van der Waals surface area contributed by atoms with Gasteiger partial charge in [0.15, 0.2) is 0 Å². The highest BCUT2D eigenvalue weighted by Gasteiger charge is 2.51. The predicted octanol–water partition coefficient (Wildman–Crippen LogP) is 3.77. The Labute approximate surface area is 341 Å². The zero-order valence-corrected chi connectivity index (χ0v) is 32.6. The molecule has 6 nitrogen and oxygen atoms in total. The third-order valence-corrected chi connectivity index (χ3v) is 14.4. The van der Waals surface area contributed by atoms with E-state index in [1.807, 2.05) is 7.05 Å². The lowest BCUT2D eigenvalue weighted by Crippen LogP contribution is -2.71. The summed E-state index contributed by atoms with van der Waals surface area (Å²) in [6.07, 6.45) is 0. The van der Waals surface area contributed by atoms with Crippen LogP contribution in [0.3, 0.4) is 0 Å². The van der Waals surface area contributed by atoms with E-state index in [1.54, 1.807) is 0 Å². The van der Waals surface area contributed by atoms with E-state index in [1.165, 1.54) is 93.8 Å². The molecule has 1 N–H and O–H groups in total. The Morgan fingerprint density at radius 2 is 0.966 bits per heavy atom. The third kappa shape index (κ3) is 3.40. The number of aryl methyl sites for hydroxylation is 4. The SMILES string of the molecule is C.CN=c1c2cc(C)cc3c2n2c4c5c(ccc14)Oc1cc(C)ccc1B5c1cc4c5c(c1-2)B3c1cc(C)cc2c(=N)c3ccc6c(c3n-5c12)B4c1ccc(C)cc1O6. The Morgan fingerprint density at radius 3 is 1.54 bits per heavy atom. The van der Waals surface area contributed by atoms with Crippen molar-refractivity contribution in [2.24, 2.45) is 4.99 Å². The molecular formula is C50H35B3N4O2. The van der Waals surface area contributed by atoms with Crippen molar-refractivity contribution in [3.8, 4) is 34.4 Å². The van der Waals surface area contributed by atoms with Crippen LogP contribution in [0.25, 0.3) is 55.0 Å². The van der Waals surface area contributed by atoms with Gasteiger partial charge < -0.3 is 18.6 Å². The molecule has 276 valence electrons. The maximum Gasteiger partial charge on any atom is 0.256 e. The minimum atomic E-state index is -0.0803. The Morgan fingerprint density at radius 1 is 0.458 bits per heavy atom. The van der Waals surface area contributed by atoms with E-state index >= 15 is 0 Å². The van der Waals surface area contributed by atoms with Crippen molar-refractivity contribution < 1.29 is 9.47 Å². The Bertz CT molecular complexity index is 3810. The summed E-state index contributed by atoms with van der Waals surface area (Å²) in [5, 5.41) is 15.8. The van der Waals surface area contributed by atoms with Crippen molar-refractivity contribution in [1.82, 2.24) is 9.13 Å². The van der Waals surface area contributed by atoms with Gasteiger partial charge in [-0.3, -0.25) is 10.4 Å². The number of hydrogen-bond donors (Lipinski definition) is 1. The second-order valence-corrected chi connectivity index (χ2v) is 17.6. The number of nitrogens with one attached hydrogen (secondary N) is 1. The van der Waals surface area contributed by atoms with Gasteiger partial charge in [0.25, 0.3) is 20.1 Å². The number of aromatic nitrogens is 2. The predicted molar refractivity (Wildman–Crippen MR) is 245 cm³/mol. The summed E-state index contributed by atoms with van der Waals surface area (Å²) in [7, 11) is 1.94. The molecule has 6 aliphatic heterocycles. The molecule has 0 amide bonds. The molecule has 0 bridgehead atoms. The minimum Gasteiger partial charge on any atom is -0.458 e. The number of nitrogens with zero attached hydrogens (tertiary/aromatic N) is 3. The maximum atomic E-state index is 9.92. The van der Waals surface area contributed by atoms with E-state index in [0.29, 0.717) is 5.36 Å². The lowest BCUT2D eigenvalue weighted by molar-refractivity contribution is 0.487. The summed E-state index contributed by atoms with van der Waals surface area (Å²) in [4.78, 5) is 5.09. The van der Waals surface area contributed by atoms with Crippen molar-refractivity contribution in [1.29, 1.82) is 5.41 Å². The molecule has 0 aliphatic carbocycles. The van der Waals surface area contributed by atoms with Crippen LogP contribution >= 0.6 is 0 Å². The quantitative estimate of drug-likeness (QED) is 0.189. The van der Waals surface area contributed by atoms with Crippen LogP contribution in [0.2, 0.25) is 0 Å². The highest BCUT2D eigenvalue weighted by molar-refractivity contribution is 7.06. The molecule has 6 aliphatic rings. The summed E-state index contributed by atoms with van der Waals surface area (Å²) < 4.78 is 19.0. The maximum absolute atomic E-state index is 9.92. The topological polar surface area (TPSA) is 64.5 Å². The van der Waals surface area contributed by atoms with Gasteiger partial charge >= 0.3 is 0 Å². The molecule has 0 atom stereocenters. The van der Waals surface area contributed by atoms with Gasteiger partial charge in [0, 0.05) is 40.0 Å². The number of benzene rings is 7. The molecule has 8 heterocycles. The van der Waals surface area contributed by atoms with Gasteiger partial charge in [-0.2, -0.15) is 0 Å². The standard InChI is InChI=1S/C49H31B3N4O2.CH4/c1-21-6-10-29-37(18-21)57-35-12-8-25-42(53)27-14-23(3)16-31-44(27)55-46(25)39(35)50(29)33-20-34-49-41(48(33)55)52(31)32-17-24(4)15-28-43(54-5)26-9-13-36-40(47(26)56(49)45(28)32)51(34)30-11-7-22(2)19-38(30)58-36;/h6-20,53H,1-5H3;1H4. The van der Waals surface area contributed by atoms with Crippen LogP contribution < -0.4 is 69.4 Å². The first-order chi connectivity index (χ1) is 28.3. The average Bonchev–Trinajstić information content (AvgIpc) is 3.21. The molecule has 0 radical (unpaired) electrons. The van der Waals surface area contributed by atoms with Crippen LogP contribution in [-0.4, -0.2) is 36.3 Å². The molecule has 0 saturated carbocycles. The van der Waals surface area contributed by atoms with Crippen molar-refractivity contribution in [2.45, 2.75) is 35.1 Å². The van der Waals surface area contributed by atoms with Crippen LogP contribution in [0.1, 0.15) is 29.7 Å². The lowest BCUT2D eigenvalue weighted by atomic mass is 9.26. The van der Waals surface area contributed by atoms with Crippen LogP contribution in [0.4, 0.5) is 0 Å². The third-order valence-electron chi connectivity index (χ3n) is 14.4. The van der Waals surface area contributed by atoms with E-state index in [9.17, 15) is 5.41 Å². The largest absolute Gasteiger partial charge is 0.458 e. The van der Waals surface area contributed by atoms with E-state index in [0.717, 1.165) is 61.0 Å². The number of rotatable bonds is 0. The summed E-state index contributed by atoms with van der Waals surface area (Å²) in [6, 6.07) is 34.1. The molecule has 0 unspecified atom stereocenters. The Hall–Kier alpha value is -6.73. The number of hydrogen-bond acceptors (Lipinski definition) is 4. The molecule has 0 spiro atoms. The first kappa shape index (κ1) is 32.3. The molecular weight excluding hydrogens is 721 g/mol. The van der Waals surface area contributed by atoms with Gasteiger partial charge in [-0.05, 0) is 137 Å². The number of fused-ring (bicyclic) bond motifs is 8. The second kappa shape index (κ2) is 10.1. The van der Waals surface area contributed by atoms with Gasteiger partial charge in [0.05, 0.1) is 32.8 Å². The zero-order chi connectivity index (χ0) is 38.4. The van der Waals surface area contributed by atoms with Gasteiger partial charge in [-0.25, -0.2) is 0 Å². The molecule has 7 aromatic carbocycles. The van der Waals surface area contributed by atoms with Crippen molar-refractivity contribution >= 4 is 113 Å². The summed E-state index contributed by atoms with van der Waals surface area (Å²) >= 11 is 0. The minimum absolute atomic E-state index is 0. The van der Waals surface area contributed by atoms with Crippen molar-refractivity contribution in [3.63, 3.8) is 0 Å². The van der Waals surface area contributed by atoms with E-state index in [4.69, 9.17) is 14.5 Å². The summed E-state index contributed by atoms with van der Waals surface area (Å²) in [6.45, 7) is 8.52. The average molecular weight is 756 g/mol. The molecule has 15 rings (SSSR count). The van der Waals surface area contributed by atoms with E-state index in [-0.39, 0.29) is 27.6 Å².